The Kier molecular flexibility index (Phi) is 8.67. The highest BCUT2D eigenvalue weighted by Gasteiger charge is 2.33. The fraction of sp³-hybridized carbons (Fsp3) is 1.00. The van der Waals surface area contributed by atoms with Crippen molar-refractivity contribution >= 4 is 0 Å². The van der Waals surface area contributed by atoms with Gasteiger partial charge in [0.15, 0.2) is 0 Å². The van der Waals surface area contributed by atoms with Gasteiger partial charge in [0.25, 0.3) is 5.97 Å². The summed E-state index contributed by atoms with van der Waals surface area (Å²) in [5, 5.41) is 27.7. The van der Waals surface area contributed by atoms with Crippen LogP contribution in [0.4, 0.5) is 0 Å². The van der Waals surface area contributed by atoms with Gasteiger partial charge in [0.1, 0.15) is 0 Å². The van der Waals surface area contributed by atoms with Crippen molar-refractivity contribution in [1.82, 2.24) is 0 Å². The number of ether oxygens (including phenoxy) is 3. The van der Waals surface area contributed by atoms with E-state index in [9.17, 15) is 15.3 Å². The van der Waals surface area contributed by atoms with Gasteiger partial charge in [-0.25, -0.2) is 0 Å². The van der Waals surface area contributed by atoms with Crippen LogP contribution in [-0.2, 0) is 14.2 Å². The molecule has 0 radical (unpaired) electrons. The zero-order chi connectivity index (χ0) is 14.2. The standard InChI is InChI=1S/C12H26O6/c1-5-12(16-6-9(2)13,17-7-10(3)14)18-8-11(4)15/h9-11,13-15H,5-8H2,1-4H3. The first-order chi connectivity index (χ1) is 8.31. The highest BCUT2D eigenvalue weighted by molar-refractivity contribution is 4.60. The summed E-state index contributed by atoms with van der Waals surface area (Å²) < 4.78 is 16.3. The molecule has 0 fully saturated rings. The Hall–Kier alpha value is -0.240. The number of rotatable bonds is 10. The minimum absolute atomic E-state index is 0.0491. The SMILES string of the molecule is CCC(OCC(C)O)(OCC(C)O)OCC(C)O. The number of hydrogen-bond acceptors (Lipinski definition) is 6. The van der Waals surface area contributed by atoms with Crippen molar-refractivity contribution in [1.29, 1.82) is 0 Å². The second-order valence-electron chi connectivity index (χ2n) is 4.52. The van der Waals surface area contributed by atoms with E-state index in [0.29, 0.717) is 6.42 Å². The lowest BCUT2D eigenvalue weighted by Gasteiger charge is -2.33. The van der Waals surface area contributed by atoms with Crippen LogP contribution in [0.5, 0.6) is 0 Å². The second-order valence-corrected chi connectivity index (χ2v) is 4.52. The lowest BCUT2D eigenvalue weighted by atomic mass is 10.3. The first-order valence-corrected chi connectivity index (χ1v) is 6.27. The molecule has 0 aromatic carbocycles. The molecule has 0 rings (SSSR count). The molecule has 0 aliphatic rings. The molecule has 0 aromatic rings. The molecule has 0 spiro atoms. The molecule has 0 aliphatic carbocycles. The molecular weight excluding hydrogens is 240 g/mol. The predicted octanol–water partition coefficient (Wildman–Crippen LogP) is 0.242. The van der Waals surface area contributed by atoms with E-state index >= 15 is 0 Å². The topological polar surface area (TPSA) is 88.4 Å². The van der Waals surface area contributed by atoms with Crippen molar-refractivity contribution < 1.29 is 29.5 Å². The average Bonchev–Trinajstić information content (AvgIpc) is 2.28. The number of hydrogen-bond donors (Lipinski definition) is 3. The third-order valence-corrected chi connectivity index (χ3v) is 2.07. The summed E-state index contributed by atoms with van der Waals surface area (Å²) in [6, 6.07) is 0. The molecule has 0 saturated carbocycles. The van der Waals surface area contributed by atoms with E-state index in [1.165, 1.54) is 0 Å². The Morgan fingerprint density at radius 2 is 1.06 bits per heavy atom. The fourth-order valence-electron chi connectivity index (χ4n) is 1.17. The van der Waals surface area contributed by atoms with E-state index in [2.05, 4.69) is 0 Å². The Labute approximate surface area is 108 Å². The third kappa shape index (κ3) is 7.97. The minimum atomic E-state index is -1.34. The van der Waals surface area contributed by atoms with Crippen LogP contribution in [0.15, 0.2) is 0 Å². The normalized spacial score (nSPS) is 20.2. The summed E-state index contributed by atoms with van der Waals surface area (Å²) in [5.74, 6) is -1.34. The largest absolute Gasteiger partial charge is 0.391 e. The molecule has 0 amide bonds. The van der Waals surface area contributed by atoms with Gasteiger partial charge >= 0.3 is 0 Å². The maximum Gasteiger partial charge on any atom is 0.282 e. The summed E-state index contributed by atoms with van der Waals surface area (Å²) in [4.78, 5) is 0. The van der Waals surface area contributed by atoms with Gasteiger partial charge in [-0.3, -0.25) is 0 Å². The molecule has 0 bridgehead atoms. The van der Waals surface area contributed by atoms with Crippen LogP contribution >= 0.6 is 0 Å². The Morgan fingerprint density at radius 1 is 0.778 bits per heavy atom. The van der Waals surface area contributed by atoms with Gasteiger partial charge in [-0.05, 0) is 20.8 Å². The quantitative estimate of drug-likeness (QED) is 0.491. The Balaban J connectivity index is 4.49. The monoisotopic (exact) mass is 266 g/mol. The molecule has 6 heteroatoms. The van der Waals surface area contributed by atoms with Crippen LogP contribution in [0.2, 0.25) is 0 Å². The summed E-state index contributed by atoms with van der Waals surface area (Å²) in [7, 11) is 0. The number of aliphatic hydroxyl groups excluding tert-OH is 3. The molecule has 0 aromatic heterocycles. The van der Waals surface area contributed by atoms with Gasteiger partial charge in [-0.15, -0.1) is 0 Å². The molecule has 0 heterocycles. The molecular formula is C12H26O6. The average molecular weight is 266 g/mol. The van der Waals surface area contributed by atoms with Gasteiger partial charge in [-0.1, -0.05) is 6.92 Å². The minimum Gasteiger partial charge on any atom is -0.391 e. The van der Waals surface area contributed by atoms with Gasteiger partial charge in [-0.2, -0.15) is 0 Å². The van der Waals surface area contributed by atoms with Gasteiger partial charge in [0, 0.05) is 6.42 Å². The van der Waals surface area contributed by atoms with E-state index in [-0.39, 0.29) is 19.8 Å². The maximum atomic E-state index is 9.23. The number of aliphatic hydroxyl groups is 3. The van der Waals surface area contributed by atoms with Gasteiger partial charge in [0.2, 0.25) is 0 Å². The molecule has 18 heavy (non-hydrogen) atoms. The van der Waals surface area contributed by atoms with Crippen LogP contribution in [-0.4, -0.2) is 59.4 Å². The van der Waals surface area contributed by atoms with E-state index in [0.717, 1.165) is 0 Å². The summed E-state index contributed by atoms with van der Waals surface area (Å²) in [6.45, 7) is 6.71. The van der Waals surface area contributed by atoms with Crippen molar-refractivity contribution in [2.45, 2.75) is 58.4 Å². The summed E-state index contributed by atoms with van der Waals surface area (Å²) >= 11 is 0. The fourth-order valence-corrected chi connectivity index (χ4v) is 1.17. The summed E-state index contributed by atoms with van der Waals surface area (Å²) in [5.41, 5.74) is 0. The predicted molar refractivity (Wildman–Crippen MR) is 65.9 cm³/mol. The van der Waals surface area contributed by atoms with Gasteiger partial charge < -0.3 is 29.5 Å². The van der Waals surface area contributed by atoms with Crippen molar-refractivity contribution in [2.24, 2.45) is 0 Å². The molecule has 6 nitrogen and oxygen atoms in total. The molecule has 3 N–H and O–H groups in total. The Bertz CT molecular complexity index is 173. The van der Waals surface area contributed by atoms with Gasteiger partial charge in [0.05, 0.1) is 38.1 Å². The second kappa shape index (κ2) is 8.79. The zero-order valence-electron chi connectivity index (χ0n) is 11.6. The van der Waals surface area contributed by atoms with E-state index in [4.69, 9.17) is 14.2 Å². The first kappa shape index (κ1) is 17.8. The van der Waals surface area contributed by atoms with Crippen LogP contribution in [0, 0.1) is 0 Å². The lowest BCUT2D eigenvalue weighted by Crippen LogP contribution is -2.43. The molecule has 3 atom stereocenters. The highest BCUT2D eigenvalue weighted by Crippen LogP contribution is 2.21. The summed E-state index contributed by atoms with van der Waals surface area (Å²) in [6.07, 6.45) is -1.58. The third-order valence-electron chi connectivity index (χ3n) is 2.07. The first-order valence-electron chi connectivity index (χ1n) is 6.27. The van der Waals surface area contributed by atoms with E-state index in [1.807, 2.05) is 0 Å². The highest BCUT2D eigenvalue weighted by atomic mass is 16.9. The van der Waals surface area contributed by atoms with Crippen LogP contribution in [0.1, 0.15) is 34.1 Å². The zero-order valence-corrected chi connectivity index (χ0v) is 11.6. The van der Waals surface area contributed by atoms with Crippen LogP contribution < -0.4 is 0 Å². The smallest absolute Gasteiger partial charge is 0.282 e. The lowest BCUT2D eigenvalue weighted by molar-refractivity contribution is -0.391. The maximum absolute atomic E-state index is 9.23. The van der Waals surface area contributed by atoms with Crippen molar-refractivity contribution in [3.63, 3.8) is 0 Å². The van der Waals surface area contributed by atoms with Crippen molar-refractivity contribution in [3.05, 3.63) is 0 Å². The van der Waals surface area contributed by atoms with Crippen LogP contribution in [0.25, 0.3) is 0 Å². The molecule has 0 aliphatic heterocycles. The van der Waals surface area contributed by atoms with Crippen molar-refractivity contribution in [2.75, 3.05) is 19.8 Å². The van der Waals surface area contributed by atoms with E-state index in [1.54, 1.807) is 27.7 Å². The molecule has 3 unspecified atom stereocenters. The van der Waals surface area contributed by atoms with Crippen molar-refractivity contribution in [3.8, 4) is 0 Å². The molecule has 0 saturated heterocycles. The Morgan fingerprint density at radius 3 is 1.22 bits per heavy atom. The molecule has 110 valence electrons. The van der Waals surface area contributed by atoms with Crippen LogP contribution in [0.3, 0.4) is 0 Å². The van der Waals surface area contributed by atoms with E-state index < -0.39 is 24.3 Å².